The fourth-order valence-electron chi connectivity index (χ4n) is 2.85. The van der Waals surface area contributed by atoms with E-state index >= 15 is 0 Å². The molecule has 0 bridgehead atoms. The van der Waals surface area contributed by atoms with Gasteiger partial charge in [-0.1, -0.05) is 11.8 Å². The molecular weight excluding hydrogens is 476 g/mol. The molecule has 13 heteroatoms. The minimum Gasteiger partial charge on any atom is -0.462 e. The molecule has 1 N–H and O–H groups in total. The first kappa shape index (κ1) is 24.3. The Bertz CT molecular complexity index is 1000. The minimum absolute atomic E-state index is 0.0227. The molecule has 0 spiro atoms. The number of amides is 2. The number of ether oxygens (including phenoxy) is 2. The van der Waals surface area contributed by atoms with E-state index in [-0.39, 0.29) is 46.2 Å². The smallest absolute Gasteiger partial charge is 0.348 e. The van der Waals surface area contributed by atoms with Crippen molar-refractivity contribution < 1.29 is 28.7 Å². The lowest BCUT2D eigenvalue weighted by Gasteiger charge is -2.08. The third-order valence-electron chi connectivity index (χ3n) is 4.25. The van der Waals surface area contributed by atoms with Crippen molar-refractivity contribution in [1.82, 2.24) is 5.01 Å². The fraction of sp³-hybridized carbons (Fsp3) is 0.474. The van der Waals surface area contributed by atoms with E-state index in [9.17, 15) is 19.2 Å². The molecule has 0 unspecified atom stereocenters. The van der Waals surface area contributed by atoms with Crippen molar-refractivity contribution in [2.24, 2.45) is 10.1 Å². The zero-order valence-corrected chi connectivity index (χ0v) is 20.2. The second-order valence-electron chi connectivity index (χ2n) is 6.52. The molecule has 0 aromatic carbocycles. The summed E-state index contributed by atoms with van der Waals surface area (Å²) in [7, 11) is 0. The van der Waals surface area contributed by atoms with Crippen molar-refractivity contribution in [3.8, 4) is 0 Å². The van der Waals surface area contributed by atoms with Crippen LogP contribution in [0.4, 0.5) is 5.00 Å². The number of hydrogen-bond donors (Lipinski definition) is 1. The van der Waals surface area contributed by atoms with Gasteiger partial charge in [-0.25, -0.2) is 14.6 Å². The van der Waals surface area contributed by atoms with Gasteiger partial charge in [-0.05, 0) is 44.5 Å². The zero-order chi connectivity index (χ0) is 23.3. The van der Waals surface area contributed by atoms with Crippen LogP contribution in [0.3, 0.4) is 0 Å². The van der Waals surface area contributed by atoms with Crippen molar-refractivity contribution in [3.05, 3.63) is 16.0 Å². The second-order valence-corrected chi connectivity index (χ2v) is 9.72. The van der Waals surface area contributed by atoms with Gasteiger partial charge >= 0.3 is 11.9 Å². The average molecular weight is 499 g/mol. The van der Waals surface area contributed by atoms with Gasteiger partial charge in [0.2, 0.25) is 11.8 Å². The Hall–Kier alpha value is -2.38. The van der Waals surface area contributed by atoms with Gasteiger partial charge in [0.15, 0.2) is 9.54 Å². The minimum atomic E-state index is -0.619. The number of fused-ring (bicyclic) bond motifs is 1. The summed E-state index contributed by atoms with van der Waals surface area (Å²) < 4.78 is 10.7. The molecule has 2 aliphatic rings. The summed E-state index contributed by atoms with van der Waals surface area (Å²) in [6, 6.07) is 0. The van der Waals surface area contributed by atoms with E-state index in [4.69, 9.17) is 9.47 Å². The zero-order valence-electron chi connectivity index (χ0n) is 17.8. The number of hydrogen-bond acceptors (Lipinski definition) is 11. The molecule has 0 aliphatic carbocycles. The van der Waals surface area contributed by atoms with Gasteiger partial charge in [-0.3, -0.25) is 9.59 Å². The van der Waals surface area contributed by atoms with Crippen LogP contribution >= 0.6 is 34.9 Å². The van der Waals surface area contributed by atoms with Gasteiger partial charge in [0.1, 0.15) is 9.88 Å². The molecule has 0 saturated heterocycles. The lowest BCUT2D eigenvalue weighted by atomic mass is 10.1. The average Bonchev–Trinajstić information content (AvgIpc) is 3.21. The lowest BCUT2D eigenvalue weighted by Crippen LogP contribution is -2.18. The molecule has 10 nitrogen and oxygen atoms in total. The largest absolute Gasteiger partial charge is 0.462 e. The molecule has 3 heterocycles. The van der Waals surface area contributed by atoms with Gasteiger partial charge in [0, 0.05) is 13.0 Å². The highest BCUT2D eigenvalue weighted by Crippen LogP contribution is 2.35. The van der Waals surface area contributed by atoms with Gasteiger partial charge in [0.25, 0.3) is 0 Å². The SMILES string of the molecule is CCOC(=O)c1sc(NC(=O)CSC2=NN3CCCC(=O)N=C3S2)c(C(=O)OCC)c1C. The van der Waals surface area contributed by atoms with Crippen LogP contribution in [0.2, 0.25) is 0 Å². The highest BCUT2D eigenvalue weighted by molar-refractivity contribution is 8.45. The highest BCUT2D eigenvalue weighted by Gasteiger charge is 2.29. The molecule has 0 radical (unpaired) electrons. The van der Waals surface area contributed by atoms with Crippen molar-refractivity contribution >= 4 is 73.2 Å². The third-order valence-corrected chi connectivity index (χ3v) is 7.52. The first-order valence-corrected chi connectivity index (χ1v) is 12.5. The quantitative estimate of drug-likeness (QED) is 0.564. The van der Waals surface area contributed by atoms with Crippen LogP contribution in [0.5, 0.6) is 0 Å². The van der Waals surface area contributed by atoms with Crippen molar-refractivity contribution in [2.75, 3.05) is 30.8 Å². The van der Waals surface area contributed by atoms with E-state index in [1.807, 2.05) is 0 Å². The summed E-state index contributed by atoms with van der Waals surface area (Å²) in [6.45, 7) is 5.93. The molecule has 0 atom stereocenters. The number of aliphatic imine (C=N–C) groups is 1. The number of rotatable bonds is 7. The molecule has 1 aromatic heterocycles. The third kappa shape index (κ3) is 5.70. The molecule has 0 fully saturated rings. The summed E-state index contributed by atoms with van der Waals surface area (Å²) in [5.74, 6) is -1.71. The number of nitrogens with one attached hydrogen (secondary N) is 1. The van der Waals surface area contributed by atoms with Crippen LogP contribution in [0.1, 0.15) is 52.3 Å². The Balaban J connectivity index is 1.69. The predicted octanol–water partition coefficient (Wildman–Crippen LogP) is 3.08. The molecule has 2 amide bonds. The summed E-state index contributed by atoms with van der Waals surface area (Å²) in [4.78, 5) is 53.1. The van der Waals surface area contributed by atoms with Crippen molar-refractivity contribution in [1.29, 1.82) is 0 Å². The number of anilines is 1. The number of esters is 2. The van der Waals surface area contributed by atoms with E-state index in [0.29, 0.717) is 34.5 Å². The maximum atomic E-state index is 12.6. The summed E-state index contributed by atoms with van der Waals surface area (Å²) in [6.07, 6.45) is 1.07. The molecule has 0 saturated carbocycles. The summed E-state index contributed by atoms with van der Waals surface area (Å²) >= 11 is 3.42. The Morgan fingerprint density at radius 1 is 1.19 bits per heavy atom. The van der Waals surface area contributed by atoms with Gasteiger partial charge < -0.3 is 14.8 Å². The standard InChI is InChI=1S/C19H22N4O6S3/c1-4-28-16(26)13-10(3)14(17(27)29-5-2)31-15(13)20-12(25)9-30-19-22-23-8-6-7-11(24)21-18(23)32-19/h4-9H2,1-3H3,(H,20,25). The lowest BCUT2D eigenvalue weighted by molar-refractivity contribution is -0.117. The van der Waals surface area contributed by atoms with E-state index in [0.717, 1.165) is 11.3 Å². The number of amidine groups is 1. The number of nitrogens with zero attached hydrogens (tertiary/aromatic N) is 3. The van der Waals surface area contributed by atoms with Gasteiger partial charge in [-0.15, -0.1) is 11.3 Å². The maximum Gasteiger partial charge on any atom is 0.348 e. The number of thioether (sulfide) groups is 2. The summed E-state index contributed by atoms with van der Waals surface area (Å²) in [5.41, 5.74) is 0.549. The molecule has 32 heavy (non-hydrogen) atoms. The molecule has 172 valence electrons. The van der Waals surface area contributed by atoms with Gasteiger partial charge in [-0.2, -0.15) is 10.1 Å². The van der Waals surface area contributed by atoms with E-state index in [1.165, 1.54) is 23.5 Å². The van der Waals surface area contributed by atoms with Crippen LogP contribution < -0.4 is 5.32 Å². The summed E-state index contributed by atoms with van der Waals surface area (Å²) in [5, 5.41) is 9.52. The second kappa shape index (κ2) is 11.0. The number of carbonyl (C=O) groups is 4. The molecule has 2 aliphatic heterocycles. The van der Waals surface area contributed by atoms with Gasteiger partial charge in [0.05, 0.1) is 24.5 Å². The first-order chi connectivity index (χ1) is 15.3. The van der Waals surface area contributed by atoms with Crippen LogP contribution in [0.25, 0.3) is 0 Å². The van der Waals surface area contributed by atoms with Crippen molar-refractivity contribution in [3.63, 3.8) is 0 Å². The Labute approximate surface area is 197 Å². The Kier molecular flexibility index (Phi) is 8.32. The number of carbonyl (C=O) groups excluding carboxylic acids is 4. The topological polar surface area (TPSA) is 127 Å². The molecule has 3 rings (SSSR count). The van der Waals surface area contributed by atoms with E-state index < -0.39 is 11.9 Å². The van der Waals surface area contributed by atoms with Crippen LogP contribution in [-0.2, 0) is 19.1 Å². The normalized spacial score (nSPS) is 15.5. The monoisotopic (exact) mass is 498 g/mol. The van der Waals surface area contributed by atoms with Crippen LogP contribution in [0, 0.1) is 6.92 Å². The van der Waals surface area contributed by atoms with E-state index in [1.54, 1.807) is 25.8 Å². The van der Waals surface area contributed by atoms with Crippen molar-refractivity contribution in [2.45, 2.75) is 33.6 Å². The molecular formula is C19H22N4O6S3. The predicted molar refractivity (Wildman–Crippen MR) is 125 cm³/mol. The maximum absolute atomic E-state index is 12.6. The Morgan fingerprint density at radius 2 is 1.91 bits per heavy atom. The first-order valence-electron chi connectivity index (χ1n) is 9.89. The van der Waals surface area contributed by atoms with Crippen LogP contribution in [-0.4, -0.2) is 63.8 Å². The number of hydrazone groups is 1. The molecule has 1 aromatic rings. The fourth-order valence-corrected chi connectivity index (χ4v) is 5.76. The van der Waals surface area contributed by atoms with Crippen LogP contribution in [0.15, 0.2) is 10.1 Å². The Morgan fingerprint density at radius 3 is 2.62 bits per heavy atom. The highest BCUT2D eigenvalue weighted by atomic mass is 32.2. The number of thiophene rings is 1. The van der Waals surface area contributed by atoms with E-state index in [2.05, 4.69) is 15.4 Å².